The van der Waals surface area contributed by atoms with Crippen molar-refractivity contribution >= 4 is 27.4 Å². The predicted octanol–water partition coefficient (Wildman–Crippen LogP) is 3.61. The Balaban J connectivity index is 1.89. The van der Waals surface area contributed by atoms with Gasteiger partial charge in [0, 0.05) is 17.8 Å². The van der Waals surface area contributed by atoms with Crippen LogP contribution < -0.4 is 0 Å². The molecule has 0 unspecified atom stereocenters. The highest BCUT2D eigenvalue weighted by Gasteiger charge is 2.40. The maximum absolute atomic E-state index is 13.5. The molecule has 1 aromatic carbocycles. The Hall–Kier alpha value is -2.67. The third-order valence-corrected chi connectivity index (χ3v) is 6.97. The van der Waals surface area contributed by atoms with Crippen LogP contribution in [0.4, 0.5) is 0 Å². The number of aromatic nitrogens is 2. The normalized spacial score (nSPS) is 16.9. The third-order valence-electron chi connectivity index (χ3n) is 5.25. The fourth-order valence-electron chi connectivity index (χ4n) is 3.97. The highest BCUT2D eigenvalue weighted by molar-refractivity contribution is 7.90. The third kappa shape index (κ3) is 2.92. The maximum Gasteiger partial charge on any atom is 0.294 e. The van der Waals surface area contributed by atoms with Gasteiger partial charge in [-0.05, 0) is 49.9 Å². The summed E-state index contributed by atoms with van der Waals surface area (Å²) in [5.74, 6) is 0. The van der Waals surface area contributed by atoms with Crippen LogP contribution in [0, 0.1) is 0 Å². The molecule has 4 rings (SSSR count). The van der Waals surface area contributed by atoms with Crippen molar-refractivity contribution in [3.63, 3.8) is 0 Å². The standard InChI is InChI=1S/C20H20N2O4S/c23-15-26-20(11-2-1-3-12-20)18-10-6-14-22(18)27(24,25)17-9-4-7-16-8-5-13-21-19(16)17/h4-10,13-15H,1-3,11-12H2. The van der Waals surface area contributed by atoms with Gasteiger partial charge in [0.05, 0.1) is 11.2 Å². The molecule has 2 aromatic heterocycles. The van der Waals surface area contributed by atoms with Gasteiger partial charge in [-0.2, -0.15) is 0 Å². The molecule has 0 N–H and O–H groups in total. The van der Waals surface area contributed by atoms with Crippen LogP contribution in [0.5, 0.6) is 0 Å². The van der Waals surface area contributed by atoms with Crippen LogP contribution in [-0.4, -0.2) is 23.8 Å². The molecule has 0 aliphatic heterocycles. The van der Waals surface area contributed by atoms with Crippen LogP contribution in [-0.2, 0) is 25.2 Å². The van der Waals surface area contributed by atoms with E-state index in [0.717, 1.165) is 24.6 Å². The topological polar surface area (TPSA) is 78.3 Å². The molecule has 1 fully saturated rings. The molecule has 0 amide bonds. The number of ether oxygens (including phenoxy) is 1. The summed E-state index contributed by atoms with van der Waals surface area (Å²) >= 11 is 0. The number of pyridine rings is 1. The first-order valence-electron chi connectivity index (χ1n) is 8.97. The van der Waals surface area contributed by atoms with Gasteiger partial charge in [-0.3, -0.25) is 9.78 Å². The molecule has 7 heteroatoms. The summed E-state index contributed by atoms with van der Waals surface area (Å²) < 4.78 is 33.7. The first kappa shape index (κ1) is 17.7. The van der Waals surface area contributed by atoms with E-state index in [2.05, 4.69) is 4.98 Å². The molecule has 27 heavy (non-hydrogen) atoms. The van der Waals surface area contributed by atoms with E-state index in [1.807, 2.05) is 12.1 Å². The molecule has 6 nitrogen and oxygen atoms in total. The van der Waals surface area contributed by atoms with Crippen LogP contribution in [0.25, 0.3) is 10.9 Å². The highest BCUT2D eigenvalue weighted by atomic mass is 32.2. The van der Waals surface area contributed by atoms with E-state index in [1.54, 1.807) is 36.5 Å². The number of hydrogen-bond donors (Lipinski definition) is 0. The number of fused-ring (bicyclic) bond motifs is 1. The van der Waals surface area contributed by atoms with Crippen molar-refractivity contribution in [3.05, 3.63) is 60.6 Å². The Kier molecular flexibility index (Phi) is 4.47. The Morgan fingerprint density at radius 3 is 2.59 bits per heavy atom. The van der Waals surface area contributed by atoms with Gasteiger partial charge in [0.2, 0.25) is 0 Å². The summed E-state index contributed by atoms with van der Waals surface area (Å²) in [7, 11) is -3.90. The van der Waals surface area contributed by atoms with Crippen LogP contribution in [0.1, 0.15) is 37.8 Å². The number of rotatable bonds is 5. The quantitative estimate of drug-likeness (QED) is 0.628. The number of para-hydroxylation sites is 1. The Morgan fingerprint density at radius 1 is 1.04 bits per heavy atom. The smallest absolute Gasteiger partial charge is 0.294 e. The minimum Gasteiger partial charge on any atom is -0.455 e. The van der Waals surface area contributed by atoms with Gasteiger partial charge < -0.3 is 4.74 Å². The fraction of sp³-hybridized carbons (Fsp3) is 0.300. The summed E-state index contributed by atoms with van der Waals surface area (Å²) in [5.41, 5.74) is 0.00470. The van der Waals surface area contributed by atoms with Crippen LogP contribution in [0.2, 0.25) is 0 Å². The second-order valence-corrected chi connectivity index (χ2v) is 8.58. The van der Waals surface area contributed by atoms with Gasteiger partial charge in [0.25, 0.3) is 16.5 Å². The van der Waals surface area contributed by atoms with Gasteiger partial charge in [0.1, 0.15) is 4.90 Å². The highest BCUT2D eigenvalue weighted by Crippen LogP contribution is 2.41. The zero-order valence-electron chi connectivity index (χ0n) is 14.7. The lowest BCUT2D eigenvalue weighted by molar-refractivity contribution is -0.149. The number of carbonyl (C=O) groups excluding carboxylic acids is 1. The first-order valence-corrected chi connectivity index (χ1v) is 10.4. The zero-order valence-corrected chi connectivity index (χ0v) is 15.6. The SMILES string of the molecule is O=COC1(c2cccn2S(=O)(=O)c2cccc3cccnc23)CCCCC1. The van der Waals surface area contributed by atoms with Crippen molar-refractivity contribution in [3.8, 4) is 0 Å². The predicted molar refractivity (Wildman–Crippen MR) is 101 cm³/mol. The number of carbonyl (C=O) groups is 1. The molecule has 0 bridgehead atoms. The molecule has 0 radical (unpaired) electrons. The number of nitrogens with zero attached hydrogens (tertiary/aromatic N) is 2. The lowest BCUT2D eigenvalue weighted by atomic mass is 9.82. The van der Waals surface area contributed by atoms with Crippen molar-refractivity contribution in [2.45, 2.75) is 42.6 Å². The van der Waals surface area contributed by atoms with Crippen molar-refractivity contribution in [2.24, 2.45) is 0 Å². The summed E-state index contributed by atoms with van der Waals surface area (Å²) in [4.78, 5) is 15.6. The average molecular weight is 384 g/mol. The average Bonchev–Trinajstić information content (AvgIpc) is 3.20. The molecule has 1 aliphatic carbocycles. The Morgan fingerprint density at radius 2 is 1.81 bits per heavy atom. The molecule has 3 aromatic rings. The van der Waals surface area contributed by atoms with Crippen LogP contribution in [0.15, 0.2) is 59.8 Å². The van der Waals surface area contributed by atoms with E-state index in [0.29, 0.717) is 30.5 Å². The second kappa shape index (κ2) is 6.81. The maximum atomic E-state index is 13.5. The summed E-state index contributed by atoms with van der Waals surface area (Å²) in [5, 5.41) is 0.754. The fourth-order valence-corrected chi connectivity index (χ4v) is 5.56. The Labute approximate surface area is 157 Å². The minimum absolute atomic E-state index is 0.134. The molecule has 0 saturated heterocycles. The lowest BCUT2D eigenvalue weighted by Crippen LogP contribution is -2.35. The molecule has 0 spiro atoms. The second-order valence-electron chi connectivity index (χ2n) is 6.79. The van der Waals surface area contributed by atoms with Crippen LogP contribution in [0.3, 0.4) is 0 Å². The molecular weight excluding hydrogens is 364 g/mol. The van der Waals surface area contributed by atoms with Gasteiger partial charge in [0.15, 0.2) is 5.60 Å². The van der Waals surface area contributed by atoms with E-state index in [-0.39, 0.29) is 4.90 Å². The van der Waals surface area contributed by atoms with Crippen molar-refractivity contribution < 1.29 is 17.9 Å². The molecule has 140 valence electrons. The lowest BCUT2D eigenvalue weighted by Gasteiger charge is -2.36. The van der Waals surface area contributed by atoms with E-state index in [4.69, 9.17) is 4.74 Å². The van der Waals surface area contributed by atoms with Gasteiger partial charge in [-0.15, -0.1) is 0 Å². The molecule has 2 heterocycles. The van der Waals surface area contributed by atoms with Crippen molar-refractivity contribution in [1.29, 1.82) is 0 Å². The zero-order chi connectivity index (χ0) is 18.9. The first-order chi connectivity index (χ1) is 13.1. The molecule has 0 atom stereocenters. The number of hydrogen-bond acceptors (Lipinski definition) is 5. The van der Waals surface area contributed by atoms with Gasteiger partial charge >= 0.3 is 0 Å². The van der Waals surface area contributed by atoms with Crippen molar-refractivity contribution in [1.82, 2.24) is 8.96 Å². The molecular formula is C20H20N2O4S. The summed E-state index contributed by atoms with van der Waals surface area (Å²) in [6, 6.07) is 12.1. The molecule has 1 aliphatic rings. The monoisotopic (exact) mass is 384 g/mol. The van der Waals surface area contributed by atoms with E-state index >= 15 is 0 Å². The largest absolute Gasteiger partial charge is 0.455 e. The van der Waals surface area contributed by atoms with E-state index in [9.17, 15) is 13.2 Å². The van der Waals surface area contributed by atoms with E-state index in [1.165, 1.54) is 10.2 Å². The van der Waals surface area contributed by atoms with Gasteiger partial charge in [-0.1, -0.05) is 24.6 Å². The van der Waals surface area contributed by atoms with Gasteiger partial charge in [-0.25, -0.2) is 12.4 Å². The number of benzene rings is 1. The molecule has 1 saturated carbocycles. The minimum atomic E-state index is -3.90. The summed E-state index contributed by atoms with van der Waals surface area (Å²) in [6.07, 6.45) is 7.12. The summed E-state index contributed by atoms with van der Waals surface area (Å²) in [6.45, 7) is 0.425. The van der Waals surface area contributed by atoms with Crippen LogP contribution >= 0.6 is 0 Å². The Bertz CT molecular complexity index is 1080. The van der Waals surface area contributed by atoms with E-state index < -0.39 is 15.6 Å². The van der Waals surface area contributed by atoms with Crippen molar-refractivity contribution in [2.75, 3.05) is 0 Å².